The molecule has 2 aromatic carbocycles. The summed E-state index contributed by atoms with van der Waals surface area (Å²) in [6.07, 6.45) is 1.68. The molecular formula is C18H15NO4. The van der Waals surface area contributed by atoms with E-state index in [-0.39, 0.29) is 17.4 Å². The third kappa shape index (κ3) is 3.08. The summed E-state index contributed by atoms with van der Waals surface area (Å²) < 4.78 is 10.7. The van der Waals surface area contributed by atoms with E-state index >= 15 is 0 Å². The van der Waals surface area contributed by atoms with Gasteiger partial charge < -0.3 is 14.8 Å². The third-order valence-electron chi connectivity index (χ3n) is 3.40. The molecule has 116 valence electrons. The Morgan fingerprint density at radius 1 is 1.17 bits per heavy atom. The summed E-state index contributed by atoms with van der Waals surface area (Å²) in [6.45, 7) is 1.42. The molecule has 0 saturated heterocycles. The van der Waals surface area contributed by atoms with Crippen molar-refractivity contribution in [1.82, 2.24) is 0 Å². The van der Waals surface area contributed by atoms with Crippen LogP contribution >= 0.6 is 0 Å². The van der Waals surface area contributed by atoms with Crippen LogP contribution in [0.2, 0.25) is 0 Å². The predicted molar refractivity (Wildman–Crippen MR) is 86.7 cm³/mol. The Hall–Kier alpha value is -3.08. The highest BCUT2D eigenvalue weighted by molar-refractivity contribution is 6.14. The van der Waals surface area contributed by atoms with Gasteiger partial charge in [0.25, 0.3) is 0 Å². The number of hydrogen-bond donors (Lipinski definition) is 1. The van der Waals surface area contributed by atoms with Crippen LogP contribution < -0.4 is 14.8 Å². The topological polar surface area (TPSA) is 64.6 Å². The molecule has 0 atom stereocenters. The van der Waals surface area contributed by atoms with Crippen molar-refractivity contribution < 1.29 is 19.1 Å². The first-order chi connectivity index (χ1) is 11.1. The van der Waals surface area contributed by atoms with Crippen molar-refractivity contribution in [3.05, 3.63) is 59.4 Å². The predicted octanol–water partition coefficient (Wildman–Crippen LogP) is 3.27. The molecule has 5 nitrogen and oxygen atoms in total. The van der Waals surface area contributed by atoms with Crippen LogP contribution in [0.5, 0.6) is 11.5 Å². The number of rotatable bonds is 3. The molecule has 0 aromatic heterocycles. The molecule has 1 amide bonds. The monoisotopic (exact) mass is 309 g/mol. The van der Waals surface area contributed by atoms with Gasteiger partial charge in [-0.15, -0.1) is 0 Å². The summed E-state index contributed by atoms with van der Waals surface area (Å²) in [5.74, 6) is 1.09. The van der Waals surface area contributed by atoms with Gasteiger partial charge in [-0.2, -0.15) is 0 Å². The van der Waals surface area contributed by atoms with Gasteiger partial charge >= 0.3 is 0 Å². The first kappa shape index (κ1) is 14.8. The highest BCUT2D eigenvalue weighted by Crippen LogP contribution is 2.34. The Kier molecular flexibility index (Phi) is 3.85. The van der Waals surface area contributed by atoms with Gasteiger partial charge in [0, 0.05) is 18.7 Å². The number of anilines is 1. The molecule has 0 unspecified atom stereocenters. The SMILES string of the molecule is COc1ccc(/C=C2\Oc3cc(NC(C)=O)ccc3C2=O)cc1. The zero-order chi connectivity index (χ0) is 16.4. The Labute approximate surface area is 133 Å². The molecule has 0 fully saturated rings. The minimum Gasteiger partial charge on any atom is -0.497 e. The van der Waals surface area contributed by atoms with E-state index < -0.39 is 0 Å². The van der Waals surface area contributed by atoms with E-state index in [2.05, 4.69) is 5.32 Å². The van der Waals surface area contributed by atoms with Gasteiger partial charge in [0.15, 0.2) is 5.76 Å². The van der Waals surface area contributed by atoms with E-state index in [1.165, 1.54) is 6.92 Å². The summed E-state index contributed by atoms with van der Waals surface area (Å²) in [7, 11) is 1.60. The second kappa shape index (κ2) is 5.96. The second-order valence-electron chi connectivity index (χ2n) is 5.11. The number of amides is 1. The highest BCUT2D eigenvalue weighted by atomic mass is 16.5. The van der Waals surface area contributed by atoms with Crippen LogP contribution in [-0.4, -0.2) is 18.8 Å². The first-order valence-electron chi connectivity index (χ1n) is 7.07. The molecular weight excluding hydrogens is 294 g/mol. The molecule has 0 spiro atoms. The lowest BCUT2D eigenvalue weighted by Gasteiger charge is -2.03. The Bertz CT molecular complexity index is 806. The Morgan fingerprint density at radius 3 is 2.57 bits per heavy atom. The molecule has 0 aliphatic carbocycles. The van der Waals surface area contributed by atoms with Gasteiger partial charge in [0.2, 0.25) is 11.7 Å². The van der Waals surface area contributed by atoms with Crippen LogP contribution in [0.25, 0.3) is 6.08 Å². The van der Waals surface area contributed by atoms with Crippen LogP contribution in [0.1, 0.15) is 22.8 Å². The average molecular weight is 309 g/mol. The lowest BCUT2D eigenvalue weighted by Crippen LogP contribution is -2.05. The zero-order valence-electron chi connectivity index (χ0n) is 12.8. The molecule has 1 N–H and O–H groups in total. The van der Waals surface area contributed by atoms with E-state index in [9.17, 15) is 9.59 Å². The van der Waals surface area contributed by atoms with Crippen molar-refractivity contribution in [2.45, 2.75) is 6.92 Å². The van der Waals surface area contributed by atoms with E-state index in [0.717, 1.165) is 11.3 Å². The zero-order valence-corrected chi connectivity index (χ0v) is 12.8. The summed E-state index contributed by atoms with van der Waals surface area (Å²) in [6, 6.07) is 12.3. The van der Waals surface area contributed by atoms with Crippen LogP contribution in [-0.2, 0) is 4.79 Å². The van der Waals surface area contributed by atoms with Gasteiger partial charge in [-0.25, -0.2) is 0 Å². The number of Topliss-reactive ketones (excluding diaryl/α,β-unsaturated/α-hetero) is 1. The van der Waals surface area contributed by atoms with Crippen LogP contribution in [0.4, 0.5) is 5.69 Å². The summed E-state index contributed by atoms with van der Waals surface area (Å²) in [5.41, 5.74) is 1.91. The number of hydrogen-bond acceptors (Lipinski definition) is 4. The van der Waals surface area contributed by atoms with Gasteiger partial charge in [0.1, 0.15) is 11.5 Å². The van der Waals surface area contributed by atoms with Crippen molar-refractivity contribution in [3.8, 4) is 11.5 Å². The Morgan fingerprint density at radius 2 is 1.91 bits per heavy atom. The average Bonchev–Trinajstić information content (AvgIpc) is 2.83. The summed E-state index contributed by atoms with van der Waals surface area (Å²) in [4.78, 5) is 23.4. The molecule has 23 heavy (non-hydrogen) atoms. The van der Waals surface area contributed by atoms with Crippen LogP contribution in [0.15, 0.2) is 48.2 Å². The molecule has 3 rings (SSSR count). The number of benzene rings is 2. The molecule has 5 heteroatoms. The molecule has 1 heterocycles. The normalized spacial score (nSPS) is 14.3. The van der Waals surface area contributed by atoms with E-state index in [1.54, 1.807) is 31.4 Å². The van der Waals surface area contributed by atoms with Gasteiger partial charge in [-0.3, -0.25) is 9.59 Å². The standard InChI is InChI=1S/C18H15NO4/c1-11(20)19-13-5-8-15-16(10-13)23-17(18(15)21)9-12-3-6-14(22-2)7-4-12/h3-10H,1-2H3,(H,19,20)/b17-9-. The van der Waals surface area contributed by atoms with E-state index in [0.29, 0.717) is 17.0 Å². The van der Waals surface area contributed by atoms with Crippen molar-refractivity contribution in [3.63, 3.8) is 0 Å². The molecule has 0 saturated carbocycles. The van der Waals surface area contributed by atoms with E-state index in [1.807, 2.05) is 24.3 Å². The number of methoxy groups -OCH3 is 1. The molecule has 1 aliphatic heterocycles. The van der Waals surface area contributed by atoms with Gasteiger partial charge in [-0.05, 0) is 35.9 Å². The fourth-order valence-electron chi connectivity index (χ4n) is 2.32. The second-order valence-corrected chi connectivity index (χ2v) is 5.11. The number of carbonyl (C=O) groups excluding carboxylic acids is 2. The number of nitrogens with one attached hydrogen (secondary N) is 1. The van der Waals surface area contributed by atoms with Crippen molar-refractivity contribution in [1.29, 1.82) is 0 Å². The maximum absolute atomic E-state index is 12.4. The fraction of sp³-hybridized carbons (Fsp3) is 0.111. The minimum absolute atomic E-state index is 0.176. The smallest absolute Gasteiger partial charge is 0.231 e. The highest BCUT2D eigenvalue weighted by Gasteiger charge is 2.27. The van der Waals surface area contributed by atoms with Crippen LogP contribution in [0.3, 0.4) is 0 Å². The summed E-state index contributed by atoms with van der Waals surface area (Å²) in [5, 5.41) is 2.66. The maximum atomic E-state index is 12.4. The molecule has 0 radical (unpaired) electrons. The maximum Gasteiger partial charge on any atom is 0.231 e. The number of carbonyl (C=O) groups is 2. The van der Waals surface area contributed by atoms with Crippen LogP contribution in [0, 0.1) is 0 Å². The molecule has 0 bridgehead atoms. The van der Waals surface area contributed by atoms with Gasteiger partial charge in [0.05, 0.1) is 12.7 Å². The largest absolute Gasteiger partial charge is 0.497 e. The Balaban J connectivity index is 1.87. The number of fused-ring (bicyclic) bond motifs is 1. The fourth-order valence-corrected chi connectivity index (χ4v) is 2.32. The quantitative estimate of drug-likeness (QED) is 0.884. The van der Waals surface area contributed by atoms with Crippen molar-refractivity contribution >= 4 is 23.5 Å². The lowest BCUT2D eigenvalue weighted by atomic mass is 10.1. The van der Waals surface area contributed by atoms with Crippen molar-refractivity contribution in [2.75, 3.05) is 12.4 Å². The van der Waals surface area contributed by atoms with Gasteiger partial charge in [-0.1, -0.05) is 12.1 Å². The number of ketones is 1. The van der Waals surface area contributed by atoms with Crippen molar-refractivity contribution in [2.24, 2.45) is 0 Å². The summed E-state index contributed by atoms with van der Waals surface area (Å²) >= 11 is 0. The molecule has 1 aliphatic rings. The lowest BCUT2D eigenvalue weighted by molar-refractivity contribution is -0.114. The first-order valence-corrected chi connectivity index (χ1v) is 7.07. The number of ether oxygens (including phenoxy) is 2. The number of allylic oxidation sites excluding steroid dienone is 1. The molecule has 2 aromatic rings. The minimum atomic E-state index is -0.178. The van der Waals surface area contributed by atoms with E-state index in [4.69, 9.17) is 9.47 Å². The third-order valence-corrected chi connectivity index (χ3v) is 3.40.